The van der Waals surface area contributed by atoms with Gasteiger partial charge in [-0.2, -0.15) is 0 Å². The molecule has 5 rings (SSSR count). The Hall–Kier alpha value is -3.52. The fraction of sp³-hybridized carbons (Fsp3) is 0.273. The van der Waals surface area contributed by atoms with Gasteiger partial charge in [0.2, 0.25) is 5.95 Å². The number of nitrogens with zero attached hydrogens (tertiary/aromatic N) is 4. The van der Waals surface area contributed by atoms with Crippen molar-refractivity contribution in [2.24, 2.45) is 11.8 Å². The molecule has 2 saturated heterocycles. The average Bonchev–Trinajstić information content (AvgIpc) is 3.37. The molecule has 3 aromatic rings. The van der Waals surface area contributed by atoms with Crippen LogP contribution in [-0.2, 0) is 0 Å². The summed E-state index contributed by atoms with van der Waals surface area (Å²) in [5.41, 5.74) is 2.50. The first kappa shape index (κ1) is 18.5. The van der Waals surface area contributed by atoms with Crippen LogP contribution in [-0.4, -0.2) is 58.1 Å². The molecule has 1 aromatic heterocycles. The molecule has 0 aliphatic carbocycles. The zero-order chi connectivity index (χ0) is 20.7. The molecule has 152 valence electrons. The summed E-state index contributed by atoms with van der Waals surface area (Å²) in [5, 5.41) is 10.9. The summed E-state index contributed by atoms with van der Waals surface area (Å²) in [4.78, 5) is 37.0. The zero-order valence-corrected chi connectivity index (χ0v) is 16.2. The third-order valence-corrected chi connectivity index (χ3v) is 6.05. The number of aromatic nitrogens is 2. The summed E-state index contributed by atoms with van der Waals surface area (Å²) in [6.45, 7) is 2.99. The van der Waals surface area contributed by atoms with Crippen LogP contribution in [0.1, 0.15) is 20.7 Å². The van der Waals surface area contributed by atoms with Gasteiger partial charge in [0.1, 0.15) is 0 Å². The number of nitrogens with one attached hydrogen (secondary N) is 1. The van der Waals surface area contributed by atoms with Crippen molar-refractivity contribution in [1.29, 1.82) is 0 Å². The van der Waals surface area contributed by atoms with E-state index < -0.39 is 5.91 Å². The Morgan fingerprint density at radius 3 is 2.23 bits per heavy atom. The number of likely N-dealkylation sites (tertiary alicyclic amines) is 1. The number of rotatable bonds is 3. The molecule has 2 unspecified atom stereocenters. The molecule has 0 radical (unpaired) electrons. The van der Waals surface area contributed by atoms with E-state index in [0.717, 1.165) is 42.5 Å². The molecular formula is C22H21N5O3. The third kappa shape index (κ3) is 3.25. The number of hydrogen-bond donors (Lipinski definition) is 2. The molecular weight excluding hydrogens is 382 g/mol. The summed E-state index contributed by atoms with van der Waals surface area (Å²) in [6.07, 6.45) is 2.80. The van der Waals surface area contributed by atoms with Crippen LogP contribution in [0.3, 0.4) is 0 Å². The van der Waals surface area contributed by atoms with Crippen LogP contribution in [0.4, 0.5) is 5.95 Å². The molecule has 2 atom stereocenters. The average molecular weight is 403 g/mol. The molecule has 3 heterocycles. The number of anilines is 1. The Balaban J connectivity index is 1.25. The third-order valence-electron chi connectivity index (χ3n) is 6.05. The Morgan fingerprint density at radius 1 is 0.900 bits per heavy atom. The monoisotopic (exact) mass is 403 g/mol. The first-order valence-electron chi connectivity index (χ1n) is 9.92. The van der Waals surface area contributed by atoms with Gasteiger partial charge in [-0.15, -0.1) is 0 Å². The van der Waals surface area contributed by atoms with E-state index in [9.17, 15) is 9.59 Å². The van der Waals surface area contributed by atoms with E-state index in [-0.39, 0.29) is 11.5 Å². The standard InChI is InChI=1S/C22H21N5O3/c28-20(25-30)17-8-23-22(24-9-17)27-12-18-10-26(11-19(18)13-27)21(29)16-6-5-14-3-1-2-4-15(14)7-16/h1-9,18-19,30H,10-13H2,(H,25,28). The summed E-state index contributed by atoms with van der Waals surface area (Å²) in [7, 11) is 0. The predicted octanol–water partition coefficient (Wildman–Crippen LogP) is 1.96. The number of hydrogen-bond acceptors (Lipinski definition) is 6. The second kappa shape index (κ2) is 7.38. The van der Waals surface area contributed by atoms with E-state index in [0.29, 0.717) is 17.8 Å². The largest absolute Gasteiger partial charge is 0.340 e. The van der Waals surface area contributed by atoms with Gasteiger partial charge in [0.25, 0.3) is 11.8 Å². The number of amides is 2. The van der Waals surface area contributed by atoms with Crippen LogP contribution in [0.15, 0.2) is 54.9 Å². The van der Waals surface area contributed by atoms with Gasteiger partial charge in [0.15, 0.2) is 0 Å². The molecule has 2 fully saturated rings. The van der Waals surface area contributed by atoms with E-state index >= 15 is 0 Å². The van der Waals surface area contributed by atoms with Crippen molar-refractivity contribution in [2.75, 3.05) is 31.1 Å². The van der Waals surface area contributed by atoms with Gasteiger partial charge < -0.3 is 9.80 Å². The minimum absolute atomic E-state index is 0.0809. The van der Waals surface area contributed by atoms with E-state index in [2.05, 4.69) is 14.9 Å². The molecule has 2 aliphatic heterocycles. The smallest absolute Gasteiger partial charge is 0.277 e. The molecule has 2 aromatic carbocycles. The zero-order valence-electron chi connectivity index (χ0n) is 16.2. The van der Waals surface area contributed by atoms with Gasteiger partial charge in [-0.25, -0.2) is 15.4 Å². The normalized spacial score (nSPS) is 20.4. The maximum atomic E-state index is 13.0. The number of fused-ring (bicyclic) bond motifs is 2. The Kier molecular flexibility index (Phi) is 4.55. The molecule has 2 aliphatic rings. The molecule has 30 heavy (non-hydrogen) atoms. The summed E-state index contributed by atoms with van der Waals surface area (Å²) in [5.74, 6) is 0.753. The predicted molar refractivity (Wildman–Crippen MR) is 110 cm³/mol. The highest BCUT2D eigenvalue weighted by molar-refractivity contribution is 5.98. The maximum absolute atomic E-state index is 13.0. The van der Waals surface area contributed by atoms with Crippen molar-refractivity contribution in [2.45, 2.75) is 0 Å². The SMILES string of the molecule is O=C(NO)c1cnc(N2CC3CN(C(=O)c4ccc5ccccc5c4)CC3C2)nc1. The summed E-state index contributed by atoms with van der Waals surface area (Å²) < 4.78 is 0. The van der Waals surface area contributed by atoms with Crippen molar-refractivity contribution in [3.8, 4) is 0 Å². The lowest BCUT2D eigenvalue weighted by Gasteiger charge is -2.22. The van der Waals surface area contributed by atoms with E-state index in [1.165, 1.54) is 12.4 Å². The Labute approximate surface area is 173 Å². The Bertz CT molecular complexity index is 1100. The minimum atomic E-state index is -0.636. The van der Waals surface area contributed by atoms with Crippen LogP contribution < -0.4 is 10.4 Å². The molecule has 8 nitrogen and oxygen atoms in total. The van der Waals surface area contributed by atoms with Crippen molar-refractivity contribution in [3.05, 3.63) is 66.0 Å². The number of benzene rings is 2. The van der Waals surface area contributed by atoms with Gasteiger partial charge in [0, 0.05) is 56.0 Å². The molecule has 0 spiro atoms. The lowest BCUT2D eigenvalue weighted by molar-refractivity contribution is 0.0705. The van der Waals surface area contributed by atoms with Crippen LogP contribution in [0.25, 0.3) is 10.8 Å². The highest BCUT2D eigenvalue weighted by Gasteiger charge is 2.42. The topological polar surface area (TPSA) is 98.7 Å². The van der Waals surface area contributed by atoms with Crippen molar-refractivity contribution >= 4 is 28.5 Å². The van der Waals surface area contributed by atoms with E-state index in [4.69, 9.17) is 5.21 Å². The maximum Gasteiger partial charge on any atom is 0.277 e. The molecule has 0 bridgehead atoms. The quantitative estimate of drug-likeness (QED) is 0.512. The second-order valence-electron chi connectivity index (χ2n) is 7.91. The molecule has 8 heteroatoms. The first-order valence-corrected chi connectivity index (χ1v) is 9.92. The molecule has 0 saturated carbocycles. The van der Waals surface area contributed by atoms with Crippen LogP contribution in [0.2, 0.25) is 0 Å². The second-order valence-corrected chi connectivity index (χ2v) is 7.91. The van der Waals surface area contributed by atoms with Crippen LogP contribution in [0, 0.1) is 11.8 Å². The number of carbonyl (C=O) groups excluding carboxylic acids is 2. The fourth-order valence-corrected chi connectivity index (χ4v) is 4.49. The number of hydroxylamine groups is 1. The van der Waals surface area contributed by atoms with E-state index in [1.807, 2.05) is 47.4 Å². The highest BCUT2D eigenvalue weighted by atomic mass is 16.5. The van der Waals surface area contributed by atoms with Crippen molar-refractivity contribution in [3.63, 3.8) is 0 Å². The fourth-order valence-electron chi connectivity index (χ4n) is 4.49. The molecule has 2 amide bonds. The van der Waals surface area contributed by atoms with Crippen molar-refractivity contribution in [1.82, 2.24) is 20.3 Å². The minimum Gasteiger partial charge on any atom is -0.340 e. The highest BCUT2D eigenvalue weighted by Crippen LogP contribution is 2.33. The lowest BCUT2D eigenvalue weighted by Crippen LogP contribution is -2.33. The van der Waals surface area contributed by atoms with Crippen LogP contribution >= 0.6 is 0 Å². The Morgan fingerprint density at radius 2 is 1.57 bits per heavy atom. The first-order chi connectivity index (χ1) is 14.6. The van der Waals surface area contributed by atoms with Gasteiger partial charge in [-0.05, 0) is 22.9 Å². The summed E-state index contributed by atoms with van der Waals surface area (Å²) in [6, 6.07) is 13.9. The van der Waals surface area contributed by atoms with E-state index in [1.54, 1.807) is 5.48 Å². The van der Waals surface area contributed by atoms with Gasteiger partial charge in [-0.3, -0.25) is 14.8 Å². The van der Waals surface area contributed by atoms with Gasteiger partial charge in [0.05, 0.1) is 5.56 Å². The lowest BCUT2D eigenvalue weighted by atomic mass is 10.0. The summed E-state index contributed by atoms with van der Waals surface area (Å²) >= 11 is 0. The van der Waals surface area contributed by atoms with Gasteiger partial charge >= 0.3 is 0 Å². The van der Waals surface area contributed by atoms with Crippen molar-refractivity contribution < 1.29 is 14.8 Å². The van der Waals surface area contributed by atoms with Crippen LogP contribution in [0.5, 0.6) is 0 Å². The van der Waals surface area contributed by atoms with Gasteiger partial charge in [-0.1, -0.05) is 30.3 Å². The molecule has 2 N–H and O–H groups in total. The number of carbonyl (C=O) groups is 2.